The van der Waals surface area contributed by atoms with Crippen molar-refractivity contribution in [2.45, 2.75) is 51.8 Å². The predicted molar refractivity (Wildman–Crippen MR) is 113 cm³/mol. The maximum Gasteiger partial charge on any atom is 0.254 e. The number of nitrogens with zero attached hydrogens (tertiary/aromatic N) is 1. The summed E-state index contributed by atoms with van der Waals surface area (Å²) >= 11 is 0. The minimum absolute atomic E-state index is 0.0393. The van der Waals surface area contributed by atoms with Crippen LogP contribution < -0.4 is 10.8 Å². The van der Waals surface area contributed by atoms with Gasteiger partial charge >= 0.3 is 0 Å². The summed E-state index contributed by atoms with van der Waals surface area (Å²) in [6.07, 6.45) is 1.16. The number of hydrogen-bond donors (Lipinski definition) is 2. The van der Waals surface area contributed by atoms with Crippen molar-refractivity contribution in [2.24, 2.45) is 5.41 Å². The summed E-state index contributed by atoms with van der Waals surface area (Å²) < 4.78 is 0. The minimum Gasteiger partial charge on any atom is -0.548 e. The molecule has 4 N–H and O–H groups in total. The number of amides is 1. The van der Waals surface area contributed by atoms with Crippen LogP contribution >= 0.6 is 0 Å². The molecule has 0 bridgehead atoms. The van der Waals surface area contributed by atoms with Crippen LogP contribution in [0.5, 0.6) is 0 Å². The van der Waals surface area contributed by atoms with E-state index in [0.717, 1.165) is 18.4 Å². The first kappa shape index (κ1) is 23.6. The summed E-state index contributed by atoms with van der Waals surface area (Å²) in [5, 5.41) is 20.9. The zero-order valence-corrected chi connectivity index (χ0v) is 18.0. The highest BCUT2D eigenvalue weighted by molar-refractivity contribution is 5.96. The molecule has 0 saturated carbocycles. The molecule has 1 heterocycles. The van der Waals surface area contributed by atoms with Crippen LogP contribution in [-0.4, -0.2) is 40.5 Å². The monoisotopic (exact) mass is 412 g/mol. The van der Waals surface area contributed by atoms with Gasteiger partial charge in [-0.05, 0) is 42.9 Å². The van der Waals surface area contributed by atoms with Crippen molar-refractivity contribution in [2.75, 3.05) is 6.54 Å². The third kappa shape index (κ3) is 5.90. The highest BCUT2D eigenvalue weighted by Gasteiger charge is 2.40. The van der Waals surface area contributed by atoms with E-state index >= 15 is 0 Å². The number of aliphatic hydroxyl groups excluding tert-OH is 1. The summed E-state index contributed by atoms with van der Waals surface area (Å²) in [5.41, 5.74) is 4.77. The van der Waals surface area contributed by atoms with Gasteiger partial charge in [0.25, 0.3) is 5.91 Å². The Bertz CT molecular complexity index is 822. The first-order valence-electron chi connectivity index (χ1n) is 10.3. The lowest BCUT2D eigenvalue weighted by molar-refractivity contribution is -0.433. The molecule has 3 atom stereocenters. The van der Waals surface area contributed by atoms with Gasteiger partial charge in [-0.2, -0.15) is 0 Å². The average Bonchev–Trinajstić information content (AvgIpc) is 2.73. The Balaban J connectivity index is 0.000000248. The molecule has 30 heavy (non-hydrogen) atoms. The van der Waals surface area contributed by atoms with Crippen LogP contribution in [0.4, 0.5) is 0 Å². The number of aliphatic hydroxyl groups is 1. The number of rotatable bonds is 4. The Morgan fingerprint density at radius 3 is 2.13 bits per heavy atom. The quantitative estimate of drug-likeness (QED) is 0.791. The molecule has 6 nitrogen and oxygen atoms in total. The summed E-state index contributed by atoms with van der Waals surface area (Å²) in [6, 6.07) is 17.5. The third-order valence-electron chi connectivity index (χ3n) is 5.46. The van der Waals surface area contributed by atoms with Gasteiger partial charge in [-0.15, -0.1) is 0 Å². The fourth-order valence-corrected chi connectivity index (χ4v) is 3.78. The van der Waals surface area contributed by atoms with Gasteiger partial charge in [-0.25, -0.2) is 0 Å². The van der Waals surface area contributed by atoms with E-state index in [1.54, 1.807) is 24.3 Å². The number of carbonyl (C=O) groups is 2. The Morgan fingerprint density at radius 1 is 1.10 bits per heavy atom. The average molecular weight is 413 g/mol. The molecule has 1 fully saturated rings. The SMILES string of the molecule is CC1(C)CCCN(C(=O)c2ccccc2)C1C(=O)[O-].C[C@H]([NH3+])[C@H](O)c1ccccc1. The van der Waals surface area contributed by atoms with E-state index in [1.165, 1.54) is 4.90 Å². The van der Waals surface area contributed by atoms with E-state index in [1.807, 2.05) is 57.2 Å². The topological polar surface area (TPSA) is 108 Å². The van der Waals surface area contributed by atoms with Gasteiger partial charge in [0.05, 0.1) is 12.0 Å². The normalized spacial score (nSPS) is 19.8. The Morgan fingerprint density at radius 2 is 1.63 bits per heavy atom. The van der Waals surface area contributed by atoms with Crippen LogP contribution in [0.1, 0.15) is 55.6 Å². The van der Waals surface area contributed by atoms with Crippen LogP contribution in [0, 0.1) is 5.41 Å². The van der Waals surface area contributed by atoms with Gasteiger partial charge in [-0.1, -0.05) is 62.4 Å². The molecule has 1 saturated heterocycles. The smallest absolute Gasteiger partial charge is 0.254 e. The van der Waals surface area contributed by atoms with E-state index in [0.29, 0.717) is 12.1 Å². The molecule has 1 unspecified atom stereocenters. The fourth-order valence-electron chi connectivity index (χ4n) is 3.78. The van der Waals surface area contributed by atoms with Crippen molar-refractivity contribution in [1.82, 2.24) is 4.90 Å². The molecule has 1 aliphatic rings. The summed E-state index contributed by atoms with van der Waals surface area (Å²) in [6.45, 7) is 6.11. The highest BCUT2D eigenvalue weighted by atomic mass is 16.4. The van der Waals surface area contributed by atoms with Crippen LogP contribution in [-0.2, 0) is 4.79 Å². The molecule has 1 amide bonds. The minimum atomic E-state index is -1.17. The van der Waals surface area contributed by atoms with E-state index < -0.39 is 23.5 Å². The number of likely N-dealkylation sites (tertiary alicyclic amines) is 1. The molecule has 2 aromatic rings. The second-order valence-electron chi connectivity index (χ2n) is 8.51. The van der Waals surface area contributed by atoms with Gasteiger partial charge < -0.3 is 25.6 Å². The number of aliphatic carboxylic acids is 1. The zero-order chi connectivity index (χ0) is 22.3. The standard InChI is InChI=1S/C15H19NO3.C9H13NO/c1-15(2)9-6-10-16(12(15)14(18)19)13(17)11-7-4-3-5-8-11;1-7(10)9(11)8-5-3-2-4-6-8/h3-5,7-8,12H,6,9-10H2,1-2H3,(H,18,19);2-7,9,11H,10H2,1H3/t;7-,9-/m.0/s1. The highest BCUT2D eigenvalue weighted by Crippen LogP contribution is 2.35. The summed E-state index contributed by atoms with van der Waals surface area (Å²) in [4.78, 5) is 25.3. The van der Waals surface area contributed by atoms with Gasteiger partial charge in [0, 0.05) is 12.1 Å². The maximum atomic E-state index is 12.4. The molecule has 0 aromatic heterocycles. The fraction of sp³-hybridized carbons (Fsp3) is 0.417. The molecule has 2 aromatic carbocycles. The Hall–Kier alpha value is -2.70. The number of benzene rings is 2. The second-order valence-corrected chi connectivity index (χ2v) is 8.51. The number of quaternary nitrogens is 1. The molecular formula is C24H32N2O4. The van der Waals surface area contributed by atoms with Crippen molar-refractivity contribution in [3.05, 3.63) is 71.8 Å². The zero-order valence-electron chi connectivity index (χ0n) is 18.0. The molecule has 0 aliphatic carbocycles. The van der Waals surface area contributed by atoms with Crippen LogP contribution in [0.25, 0.3) is 0 Å². The van der Waals surface area contributed by atoms with Crippen molar-refractivity contribution < 1.29 is 25.5 Å². The van der Waals surface area contributed by atoms with Gasteiger partial charge in [0.1, 0.15) is 12.1 Å². The largest absolute Gasteiger partial charge is 0.548 e. The first-order valence-corrected chi connectivity index (χ1v) is 10.3. The van der Waals surface area contributed by atoms with Gasteiger partial charge in [-0.3, -0.25) is 4.79 Å². The molecule has 1 aliphatic heterocycles. The number of piperidine rings is 1. The lowest BCUT2D eigenvalue weighted by atomic mass is 9.76. The molecule has 162 valence electrons. The number of carboxylic acid groups (broad SMARTS) is 1. The van der Waals surface area contributed by atoms with E-state index in [9.17, 15) is 19.8 Å². The number of carbonyl (C=O) groups excluding carboxylic acids is 2. The maximum absolute atomic E-state index is 12.4. The van der Waals surface area contributed by atoms with Crippen LogP contribution in [0.15, 0.2) is 60.7 Å². The van der Waals surface area contributed by atoms with Gasteiger partial charge in [0.15, 0.2) is 0 Å². The first-order chi connectivity index (χ1) is 14.1. The van der Waals surface area contributed by atoms with Crippen LogP contribution in [0.2, 0.25) is 0 Å². The molecule has 6 heteroatoms. The molecular weight excluding hydrogens is 380 g/mol. The number of hydrogen-bond acceptors (Lipinski definition) is 4. The summed E-state index contributed by atoms with van der Waals surface area (Å²) in [5.74, 6) is -1.41. The lowest BCUT2D eigenvalue weighted by Crippen LogP contribution is -2.61. The van der Waals surface area contributed by atoms with E-state index in [2.05, 4.69) is 5.73 Å². The third-order valence-corrected chi connectivity index (χ3v) is 5.46. The number of carboxylic acids is 1. The van der Waals surface area contributed by atoms with Crippen molar-refractivity contribution in [3.63, 3.8) is 0 Å². The van der Waals surface area contributed by atoms with Crippen LogP contribution in [0.3, 0.4) is 0 Å². The second kappa shape index (κ2) is 10.4. The molecule has 3 rings (SSSR count). The van der Waals surface area contributed by atoms with E-state index in [4.69, 9.17) is 0 Å². The van der Waals surface area contributed by atoms with Crippen molar-refractivity contribution in [3.8, 4) is 0 Å². The molecule has 0 spiro atoms. The summed E-state index contributed by atoms with van der Waals surface area (Å²) in [7, 11) is 0. The van der Waals surface area contributed by atoms with Gasteiger partial charge in [0.2, 0.25) is 0 Å². The predicted octanol–water partition coefficient (Wildman–Crippen LogP) is 1.42. The van der Waals surface area contributed by atoms with E-state index in [-0.39, 0.29) is 11.9 Å². The van der Waals surface area contributed by atoms with Crippen molar-refractivity contribution in [1.29, 1.82) is 0 Å². The Kier molecular flexibility index (Phi) is 8.15. The molecule has 0 radical (unpaired) electrons. The lowest BCUT2D eigenvalue weighted by Gasteiger charge is -2.47. The Labute approximate surface area is 178 Å². The van der Waals surface area contributed by atoms with Crippen molar-refractivity contribution >= 4 is 11.9 Å².